The third kappa shape index (κ3) is 4.90. The number of anilines is 4. The molecule has 9 heteroatoms. The molecule has 0 amide bonds. The molecule has 0 aliphatic carbocycles. The third-order valence-corrected chi connectivity index (χ3v) is 6.97. The van der Waals surface area contributed by atoms with Crippen molar-refractivity contribution >= 4 is 47.2 Å². The van der Waals surface area contributed by atoms with E-state index in [1.165, 1.54) is 6.20 Å². The minimum Gasteiger partial charge on any atom is -0.338 e. The molecule has 1 radical (unpaired) electrons. The summed E-state index contributed by atoms with van der Waals surface area (Å²) in [5, 5.41) is 7.02. The summed E-state index contributed by atoms with van der Waals surface area (Å²) in [7, 11) is -0.505. The first kappa shape index (κ1) is 21.8. The summed E-state index contributed by atoms with van der Waals surface area (Å²) in [5.74, 6) is 0.184. The van der Waals surface area contributed by atoms with Crippen LogP contribution in [0.3, 0.4) is 0 Å². The number of rotatable bonds is 5. The fraction of sp³-hybridized carbons (Fsp3) is 0.273. The van der Waals surface area contributed by atoms with Gasteiger partial charge in [0.2, 0.25) is 5.95 Å². The van der Waals surface area contributed by atoms with E-state index in [0.29, 0.717) is 27.5 Å². The summed E-state index contributed by atoms with van der Waals surface area (Å²) < 4.78 is 27.3. The zero-order valence-electron chi connectivity index (χ0n) is 17.5. The lowest BCUT2D eigenvalue weighted by Crippen LogP contribution is -2.26. The van der Waals surface area contributed by atoms with Crippen molar-refractivity contribution in [3.05, 3.63) is 64.6 Å². The lowest BCUT2D eigenvalue weighted by atomic mass is 9.99. The predicted octanol–water partition coefficient (Wildman–Crippen LogP) is 4.79. The monoisotopic (exact) mass is 458 g/mol. The van der Waals surface area contributed by atoms with Gasteiger partial charge in [-0.15, -0.1) is 0 Å². The lowest BCUT2D eigenvalue weighted by Gasteiger charge is -2.25. The first-order valence-corrected chi connectivity index (χ1v) is 12.8. The van der Waals surface area contributed by atoms with Crippen molar-refractivity contribution < 1.29 is 8.96 Å². The molecule has 6 nitrogen and oxygen atoms in total. The van der Waals surface area contributed by atoms with Gasteiger partial charge in [-0.25, -0.2) is 9.37 Å². The van der Waals surface area contributed by atoms with Crippen molar-refractivity contribution in [2.45, 2.75) is 13.0 Å². The molecular weight excluding hydrogens is 436 g/mol. The zero-order chi connectivity index (χ0) is 22.2. The fourth-order valence-electron chi connectivity index (χ4n) is 3.55. The minimum absolute atomic E-state index is 0.204. The van der Waals surface area contributed by atoms with Crippen LogP contribution < -0.4 is 15.9 Å². The Morgan fingerprint density at radius 3 is 2.81 bits per heavy atom. The maximum Gasteiger partial charge on any atom is 0.229 e. The van der Waals surface area contributed by atoms with Gasteiger partial charge in [0.25, 0.3) is 0 Å². The number of halogens is 2. The maximum atomic E-state index is 14.7. The Morgan fingerprint density at radius 1 is 1.23 bits per heavy atom. The van der Waals surface area contributed by atoms with Crippen molar-refractivity contribution in [3.63, 3.8) is 0 Å². The Morgan fingerprint density at radius 2 is 2.03 bits per heavy atom. The topological polar surface area (TPSA) is 70.2 Å². The molecule has 0 unspecified atom stereocenters. The van der Waals surface area contributed by atoms with Gasteiger partial charge in [0.1, 0.15) is 18.0 Å². The van der Waals surface area contributed by atoms with Crippen LogP contribution in [0.5, 0.6) is 0 Å². The number of fused-ring (bicyclic) bond motifs is 1. The SMILES string of the molecule is CN1CCc2cc(F)c(Nc3ncc(Cl)c(Nc4cc[c]cc4P(C)(C)=O)n3)cc2C1. The molecule has 4 rings (SSSR count). The average Bonchev–Trinajstić information content (AvgIpc) is 2.71. The maximum absolute atomic E-state index is 14.7. The van der Waals surface area contributed by atoms with Crippen LogP contribution in [0.15, 0.2) is 36.5 Å². The van der Waals surface area contributed by atoms with Crippen LogP contribution in [0.4, 0.5) is 27.5 Å². The van der Waals surface area contributed by atoms with Gasteiger partial charge in [-0.2, -0.15) is 4.98 Å². The van der Waals surface area contributed by atoms with E-state index in [9.17, 15) is 8.96 Å². The number of benzene rings is 2. The number of likely N-dealkylation sites (N-methyl/N-ethyl adjacent to an activating group) is 1. The molecule has 0 saturated heterocycles. The van der Waals surface area contributed by atoms with E-state index in [1.807, 2.05) is 7.05 Å². The highest BCUT2D eigenvalue weighted by atomic mass is 35.5. The highest BCUT2D eigenvalue weighted by molar-refractivity contribution is 7.70. The second-order valence-corrected chi connectivity index (χ2v) is 11.6. The van der Waals surface area contributed by atoms with Crippen LogP contribution in [0.1, 0.15) is 11.1 Å². The van der Waals surface area contributed by atoms with E-state index in [0.717, 1.165) is 30.6 Å². The molecule has 31 heavy (non-hydrogen) atoms. The van der Waals surface area contributed by atoms with Crippen molar-refractivity contribution in [2.75, 3.05) is 37.6 Å². The highest BCUT2D eigenvalue weighted by Gasteiger charge is 2.19. The lowest BCUT2D eigenvalue weighted by molar-refractivity contribution is 0.312. The molecule has 2 heterocycles. The van der Waals surface area contributed by atoms with E-state index in [1.54, 1.807) is 43.7 Å². The van der Waals surface area contributed by atoms with Crippen molar-refractivity contribution in [3.8, 4) is 0 Å². The molecule has 2 aromatic carbocycles. The van der Waals surface area contributed by atoms with Gasteiger partial charge in [-0.1, -0.05) is 17.7 Å². The van der Waals surface area contributed by atoms with Gasteiger partial charge < -0.3 is 20.1 Å². The molecule has 2 N–H and O–H groups in total. The van der Waals surface area contributed by atoms with E-state index >= 15 is 0 Å². The first-order chi connectivity index (χ1) is 14.7. The molecule has 161 valence electrons. The molecule has 1 aromatic heterocycles. The standard InChI is InChI=1S/C22H23ClFN5OP/c1-29-9-8-14-10-17(24)19(11-15(14)13-29)27-22-25-12-16(23)21(28-22)26-18-6-4-5-7-20(18)31(2,3)30/h4,6-7,10-12H,8-9,13H2,1-3H3,(H2,25,26,27,28). The van der Waals surface area contributed by atoms with Crippen LogP contribution in [-0.4, -0.2) is 41.8 Å². The van der Waals surface area contributed by atoms with Gasteiger partial charge in [0, 0.05) is 18.4 Å². The molecule has 1 aliphatic rings. The number of nitrogens with one attached hydrogen (secondary N) is 2. The van der Waals surface area contributed by atoms with Gasteiger partial charge in [-0.3, -0.25) is 0 Å². The van der Waals surface area contributed by atoms with Gasteiger partial charge in [-0.05, 0) is 68.3 Å². The van der Waals surface area contributed by atoms with Crippen LogP contribution in [0, 0.1) is 11.9 Å². The molecule has 0 fully saturated rings. The van der Waals surface area contributed by atoms with Gasteiger partial charge in [0.05, 0.1) is 17.6 Å². The Balaban J connectivity index is 1.63. The highest BCUT2D eigenvalue weighted by Crippen LogP contribution is 2.38. The third-order valence-electron chi connectivity index (χ3n) is 5.16. The minimum atomic E-state index is -2.55. The Bertz CT molecular complexity index is 1180. The van der Waals surface area contributed by atoms with Crippen LogP contribution in [-0.2, 0) is 17.5 Å². The number of nitrogens with zero attached hydrogens (tertiary/aromatic N) is 3. The smallest absolute Gasteiger partial charge is 0.229 e. The van der Waals surface area contributed by atoms with Gasteiger partial charge in [0.15, 0.2) is 5.82 Å². The largest absolute Gasteiger partial charge is 0.338 e. The molecule has 0 atom stereocenters. The van der Waals surface area contributed by atoms with Crippen LogP contribution in [0.25, 0.3) is 0 Å². The van der Waals surface area contributed by atoms with E-state index < -0.39 is 7.14 Å². The molecule has 3 aromatic rings. The van der Waals surface area contributed by atoms with Gasteiger partial charge >= 0.3 is 0 Å². The molecular formula is C22H23ClFN5OP. The molecule has 0 spiro atoms. The second kappa shape index (κ2) is 8.58. The van der Waals surface area contributed by atoms with Crippen molar-refractivity contribution in [1.29, 1.82) is 0 Å². The van der Waals surface area contributed by atoms with E-state index in [4.69, 9.17) is 11.6 Å². The predicted molar refractivity (Wildman–Crippen MR) is 124 cm³/mol. The molecule has 0 bridgehead atoms. The number of aromatic nitrogens is 2. The average molecular weight is 459 g/mol. The van der Waals surface area contributed by atoms with Crippen LogP contribution in [0.2, 0.25) is 5.02 Å². The Labute approximate surface area is 186 Å². The van der Waals surface area contributed by atoms with Crippen molar-refractivity contribution in [2.24, 2.45) is 0 Å². The summed E-state index contributed by atoms with van der Waals surface area (Å²) in [4.78, 5) is 10.8. The Hall–Kier alpha value is -2.47. The molecule has 0 saturated carbocycles. The summed E-state index contributed by atoms with van der Waals surface area (Å²) >= 11 is 6.29. The zero-order valence-corrected chi connectivity index (χ0v) is 19.2. The van der Waals surface area contributed by atoms with Crippen molar-refractivity contribution in [1.82, 2.24) is 14.9 Å². The number of hydrogen-bond donors (Lipinski definition) is 2. The second-order valence-electron chi connectivity index (χ2n) is 8.02. The summed E-state index contributed by atoms with van der Waals surface area (Å²) in [5.41, 5.74) is 3.04. The summed E-state index contributed by atoms with van der Waals surface area (Å²) in [6, 6.07) is 11.5. The summed E-state index contributed by atoms with van der Waals surface area (Å²) in [6.45, 7) is 5.05. The Kier molecular flexibility index (Phi) is 6.02. The number of hydrogen-bond acceptors (Lipinski definition) is 6. The van der Waals surface area contributed by atoms with E-state index in [-0.39, 0.29) is 11.8 Å². The van der Waals surface area contributed by atoms with E-state index in [2.05, 4.69) is 31.6 Å². The fourth-order valence-corrected chi connectivity index (χ4v) is 4.79. The summed E-state index contributed by atoms with van der Waals surface area (Å²) in [6.07, 6.45) is 2.26. The van der Waals surface area contributed by atoms with Crippen LogP contribution >= 0.6 is 18.7 Å². The quantitative estimate of drug-likeness (QED) is 0.536. The normalized spacial score (nSPS) is 14.2. The molecule has 1 aliphatic heterocycles. The first-order valence-electron chi connectivity index (χ1n) is 9.83.